The lowest BCUT2D eigenvalue weighted by atomic mass is 9.81. The van der Waals surface area contributed by atoms with Crippen LogP contribution in [0.5, 0.6) is 0 Å². The molecule has 1 aliphatic carbocycles. The van der Waals surface area contributed by atoms with E-state index in [1.807, 2.05) is 13.8 Å². The van der Waals surface area contributed by atoms with Crippen molar-refractivity contribution in [1.82, 2.24) is 5.32 Å². The molecule has 1 rings (SSSR count). The minimum atomic E-state index is -1.09. The van der Waals surface area contributed by atoms with Crippen LogP contribution in [0.3, 0.4) is 0 Å². The number of nitrogens with two attached hydrogens (primary N) is 1. The van der Waals surface area contributed by atoms with Crippen LogP contribution in [0, 0.1) is 17.8 Å². The minimum absolute atomic E-state index is 0.147. The molecule has 1 aliphatic rings. The molecule has 0 aromatic heterocycles. The summed E-state index contributed by atoms with van der Waals surface area (Å²) in [6.45, 7) is 9.29. The van der Waals surface area contributed by atoms with Crippen LogP contribution in [0.4, 0.5) is 4.79 Å². The Morgan fingerprint density at radius 1 is 1.29 bits per heavy atom. The van der Waals surface area contributed by atoms with E-state index < -0.39 is 41.6 Å². The number of amides is 1. The lowest BCUT2D eigenvalue weighted by molar-refractivity contribution is -0.145. The number of carboxylic acid groups (broad SMARTS) is 1. The highest BCUT2D eigenvalue weighted by molar-refractivity contribution is 5.72. The van der Waals surface area contributed by atoms with Crippen LogP contribution < -0.4 is 11.1 Å². The molecule has 0 aromatic carbocycles. The number of aliphatic hydroxyl groups excluding tert-OH is 1. The Hall–Kier alpha value is -1.34. The van der Waals surface area contributed by atoms with Gasteiger partial charge < -0.3 is 26.0 Å². The van der Waals surface area contributed by atoms with E-state index >= 15 is 0 Å². The largest absolute Gasteiger partial charge is 0.481 e. The summed E-state index contributed by atoms with van der Waals surface area (Å²) < 4.78 is 5.25. The standard InChI is InChI=1S/C17H32N2O5/c1-6-9(7-2)13(18)12-11(8-10(14(12)20)15(21)22)19-16(23)24-17(3,4)5/h9-14,20H,6-8,18H2,1-5H3,(H,19,23)(H,21,22)/t10-,11+,12+,13+,14+/m0/s1. The summed E-state index contributed by atoms with van der Waals surface area (Å²) in [5, 5.41) is 22.5. The Morgan fingerprint density at radius 3 is 2.25 bits per heavy atom. The normalized spacial score (nSPS) is 28.7. The molecule has 140 valence electrons. The number of rotatable bonds is 6. The van der Waals surface area contributed by atoms with E-state index in [9.17, 15) is 19.8 Å². The Labute approximate surface area is 143 Å². The zero-order chi connectivity index (χ0) is 18.7. The lowest BCUT2D eigenvalue weighted by Crippen LogP contribution is -2.51. The van der Waals surface area contributed by atoms with Crippen molar-refractivity contribution in [2.75, 3.05) is 0 Å². The van der Waals surface area contributed by atoms with E-state index in [2.05, 4.69) is 5.32 Å². The van der Waals surface area contributed by atoms with Gasteiger partial charge in [-0.25, -0.2) is 4.79 Å². The third-order valence-electron chi connectivity index (χ3n) is 4.84. The minimum Gasteiger partial charge on any atom is -0.481 e. The molecule has 0 unspecified atom stereocenters. The fraction of sp³-hybridized carbons (Fsp3) is 0.882. The van der Waals surface area contributed by atoms with Crippen molar-refractivity contribution in [2.45, 2.75) is 77.7 Å². The molecule has 0 saturated heterocycles. The Bertz CT molecular complexity index is 445. The highest BCUT2D eigenvalue weighted by Gasteiger charge is 2.50. The molecule has 24 heavy (non-hydrogen) atoms. The second kappa shape index (κ2) is 8.16. The van der Waals surface area contributed by atoms with Crippen molar-refractivity contribution in [1.29, 1.82) is 0 Å². The molecule has 1 saturated carbocycles. The third-order valence-corrected chi connectivity index (χ3v) is 4.84. The van der Waals surface area contributed by atoms with Gasteiger partial charge in [0.1, 0.15) is 5.60 Å². The number of carboxylic acids is 1. The highest BCUT2D eigenvalue weighted by atomic mass is 16.6. The van der Waals surface area contributed by atoms with Crippen molar-refractivity contribution in [3.8, 4) is 0 Å². The second-order valence-electron chi connectivity index (χ2n) is 7.66. The fourth-order valence-electron chi connectivity index (χ4n) is 3.58. The van der Waals surface area contributed by atoms with Gasteiger partial charge in [-0.3, -0.25) is 4.79 Å². The molecular formula is C17H32N2O5. The SMILES string of the molecule is CCC(CC)[C@@H](N)[C@@H]1[C@H](O)[C@@H](C(=O)O)C[C@H]1NC(=O)OC(C)(C)C. The molecule has 1 amide bonds. The summed E-state index contributed by atoms with van der Waals surface area (Å²) >= 11 is 0. The molecule has 5 atom stereocenters. The Kier molecular flexibility index (Phi) is 7.04. The zero-order valence-corrected chi connectivity index (χ0v) is 15.3. The smallest absolute Gasteiger partial charge is 0.407 e. The number of ether oxygens (including phenoxy) is 1. The number of nitrogens with one attached hydrogen (secondary N) is 1. The van der Waals surface area contributed by atoms with E-state index in [1.165, 1.54) is 0 Å². The van der Waals surface area contributed by atoms with Gasteiger partial charge in [-0.1, -0.05) is 26.7 Å². The molecule has 0 aromatic rings. The van der Waals surface area contributed by atoms with E-state index in [0.29, 0.717) is 0 Å². The summed E-state index contributed by atoms with van der Waals surface area (Å²) in [5.41, 5.74) is 5.69. The number of carbonyl (C=O) groups is 2. The first-order chi connectivity index (χ1) is 11.0. The van der Waals surface area contributed by atoms with Gasteiger partial charge in [0.2, 0.25) is 0 Å². The topological polar surface area (TPSA) is 122 Å². The molecule has 0 heterocycles. The fourth-order valence-corrected chi connectivity index (χ4v) is 3.58. The summed E-state index contributed by atoms with van der Waals surface area (Å²) in [4.78, 5) is 23.5. The van der Waals surface area contributed by atoms with Gasteiger partial charge in [0.05, 0.1) is 12.0 Å². The average molecular weight is 344 g/mol. The Balaban J connectivity index is 2.96. The highest BCUT2D eigenvalue weighted by Crippen LogP contribution is 2.37. The molecule has 0 aliphatic heterocycles. The maximum Gasteiger partial charge on any atom is 0.407 e. The second-order valence-corrected chi connectivity index (χ2v) is 7.66. The van der Waals surface area contributed by atoms with Crippen LogP contribution in [-0.4, -0.2) is 46.1 Å². The van der Waals surface area contributed by atoms with Crippen LogP contribution in [0.15, 0.2) is 0 Å². The summed E-state index contributed by atoms with van der Waals surface area (Å²) in [5.74, 6) is -2.36. The van der Waals surface area contributed by atoms with Crippen molar-refractivity contribution >= 4 is 12.1 Å². The maximum atomic E-state index is 12.1. The first-order valence-corrected chi connectivity index (χ1v) is 8.67. The quantitative estimate of drug-likeness (QED) is 0.582. The predicted molar refractivity (Wildman–Crippen MR) is 90.4 cm³/mol. The van der Waals surface area contributed by atoms with Crippen molar-refractivity contribution in [3.63, 3.8) is 0 Å². The van der Waals surface area contributed by atoms with Crippen LogP contribution >= 0.6 is 0 Å². The van der Waals surface area contributed by atoms with Gasteiger partial charge in [-0.2, -0.15) is 0 Å². The molecule has 0 bridgehead atoms. The van der Waals surface area contributed by atoms with Gasteiger partial charge in [0.25, 0.3) is 0 Å². The molecule has 5 N–H and O–H groups in total. The van der Waals surface area contributed by atoms with Gasteiger partial charge in [0.15, 0.2) is 0 Å². The van der Waals surface area contributed by atoms with Crippen LogP contribution in [0.25, 0.3) is 0 Å². The summed E-state index contributed by atoms with van der Waals surface area (Å²) in [6, 6.07) is -0.911. The number of alkyl carbamates (subject to hydrolysis) is 1. The number of hydrogen-bond donors (Lipinski definition) is 4. The maximum absolute atomic E-state index is 12.1. The number of carbonyl (C=O) groups excluding carboxylic acids is 1. The number of aliphatic carboxylic acids is 1. The van der Waals surface area contributed by atoms with Gasteiger partial charge in [0, 0.05) is 18.0 Å². The molecule has 0 spiro atoms. The summed E-state index contributed by atoms with van der Waals surface area (Å²) in [7, 11) is 0. The predicted octanol–water partition coefficient (Wildman–Crippen LogP) is 1.72. The van der Waals surface area contributed by atoms with Crippen LogP contribution in [0.1, 0.15) is 53.9 Å². The van der Waals surface area contributed by atoms with Crippen LogP contribution in [-0.2, 0) is 9.53 Å². The first kappa shape index (κ1) is 20.7. The summed E-state index contributed by atoms with van der Waals surface area (Å²) in [6.07, 6.45) is 0.106. The van der Waals surface area contributed by atoms with Gasteiger partial charge in [-0.15, -0.1) is 0 Å². The van der Waals surface area contributed by atoms with Gasteiger partial charge in [-0.05, 0) is 33.1 Å². The Morgan fingerprint density at radius 2 is 1.83 bits per heavy atom. The van der Waals surface area contributed by atoms with Crippen molar-refractivity contribution in [2.24, 2.45) is 23.5 Å². The van der Waals surface area contributed by atoms with E-state index in [0.717, 1.165) is 12.8 Å². The zero-order valence-electron chi connectivity index (χ0n) is 15.3. The van der Waals surface area contributed by atoms with Crippen molar-refractivity contribution < 1.29 is 24.5 Å². The first-order valence-electron chi connectivity index (χ1n) is 8.67. The average Bonchev–Trinajstić information content (AvgIpc) is 2.74. The molecule has 0 radical (unpaired) electrons. The lowest BCUT2D eigenvalue weighted by Gasteiger charge is -2.33. The number of hydrogen-bond acceptors (Lipinski definition) is 5. The van der Waals surface area contributed by atoms with Gasteiger partial charge >= 0.3 is 12.1 Å². The van der Waals surface area contributed by atoms with E-state index in [4.69, 9.17) is 10.5 Å². The molecule has 7 nitrogen and oxygen atoms in total. The molecular weight excluding hydrogens is 312 g/mol. The molecule has 1 fully saturated rings. The van der Waals surface area contributed by atoms with E-state index in [1.54, 1.807) is 20.8 Å². The number of aliphatic hydroxyl groups is 1. The van der Waals surface area contributed by atoms with Crippen molar-refractivity contribution in [3.05, 3.63) is 0 Å². The monoisotopic (exact) mass is 344 g/mol. The van der Waals surface area contributed by atoms with E-state index in [-0.39, 0.29) is 18.4 Å². The third kappa shape index (κ3) is 5.08. The molecule has 7 heteroatoms. The van der Waals surface area contributed by atoms with Crippen LogP contribution in [0.2, 0.25) is 0 Å².